The van der Waals surface area contributed by atoms with E-state index in [1.54, 1.807) is 19.2 Å². The second-order valence-corrected chi connectivity index (χ2v) is 2.87. The van der Waals surface area contributed by atoms with Crippen LogP contribution >= 0.6 is 0 Å². The van der Waals surface area contributed by atoms with Gasteiger partial charge in [0.2, 0.25) is 0 Å². The van der Waals surface area contributed by atoms with Gasteiger partial charge in [0.1, 0.15) is 5.82 Å². The summed E-state index contributed by atoms with van der Waals surface area (Å²) in [4.78, 5) is 1.54. The molecule has 1 aromatic carbocycles. The topological polar surface area (TPSA) is 53.1 Å². The van der Waals surface area contributed by atoms with Gasteiger partial charge < -0.3 is 10.6 Å². The van der Waals surface area contributed by atoms with Crippen LogP contribution in [0.25, 0.3) is 0 Å². The fraction of sp³-hybridized carbons (Fsp3) is 0.222. The first kappa shape index (κ1) is 9.51. The second-order valence-electron chi connectivity index (χ2n) is 2.87. The molecule has 0 amide bonds. The Bertz CT molecular complexity index is 311. The molecule has 0 unspecified atom stereocenters. The fourth-order valence-corrected chi connectivity index (χ4v) is 0.994. The zero-order valence-corrected chi connectivity index (χ0v) is 7.42. The largest absolute Gasteiger partial charge is 0.370 e. The third-order valence-corrected chi connectivity index (χ3v) is 1.72. The van der Waals surface area contributed by atoms with Crippen molar-refractivity contribution < 1.29 is 4.39 Å². The molecule has 4 heteroatoms. The molecule has 0 aromatic heterocycles. The minimum Gasteiger partial charge on any atom is -0.370 e. The minimum atomic E-state index is -0.269. The highest BCUT2D eigenvalue weighted by Gasteiger charge is 2.01. The number of nitrogens with one attached hydrogen (secondary N) is 1. The van der Waals surface area contributed by atoms with E-state index in [1.807, 2.05) is 0 Å². The van der Waals surface area contributed by atoms with Crippen molar-refractivity contribution in [2.24, 2.45) is 5.73 Å². The van der Waals surface area contributed by atoms with Crippen molar-refractivity contribution in [3.05, 3.63) is 35.6 Å². The molecule has 0 aliphatic carbocycles. The number of guanidine groups is 1. The van der Waals surface area contributed by atoms with Crippen LogP contribution in [0.4, 0.5) is 4.39 Å². The van der Waals surface area contributed by atoms with Gasteiger partial charge in [-0.1, -0.05) is 12.1 Å². The lowest BCUT2D eigenvalue weighted by atomic mass is 10.2. The van der Waals surface area contributed by atoms with Crippen LogP contribution in [0.15, 0.2) is 24.3 Å². The Morgan fingerprint density at radius 3 is 2.85 bits per heavy atom. The molecule has 0 spiro atoms. The van der Waals surface area contributed by atoms with Gasteiger partial charge in [0.25, 0.3) is 0 Å². The summed E-state index contributed by atoms with van der Waals surface area (Å²) in [6, 6.07) is 6.25. The van der Waals surface area contributed by atoms with Crippen LogP contribution in [-0.2, 0) is 6.54 Å². The zero-order chi connectivity index (χ0) is 9.84. The lowest BCUT2D eigenvalue weighted by molar-refractivity contribution is 0.489. The summed E-state index contributed by atoms with van der Waals surface area (Å²) in [6.07, 6.45) is 0. The highest BCUT2D eigenvalue weighted by atomic mass is 19.1. The first-order valence-electron chi connectivity index (χ1n) is 3.89. The molecule has 0 bridgehead atoms. The molecule has 3 N–H and O–H groups in total. The highest BCUT2D eigenvalue weighted by Crippen LogP contribution is 2.05. The SMILES string of the molecule is CN(Cc1cccc(F)c1)C(=N)N. The first-order valence-corrected chi connectivity index (χ1v) is 3.89. The van der Waals surface area contributed by atoms with Crippen LogP contribution in [0.5, 0.6) is 0 Å². The van der Waals surface area contributed by atoms with Crippen LogP contribution in [0.1, 0.15) is 5.56 Å². The quantitative estimate of drug-likeness (QED) is 0.531. The average Bonchev–Trinajstić information content (AvgIpc) is 2.04. The molecule has 0 radical (unpaired) electrons. The molecule has 0 saturated carbocycles. The van der Waals surface area contributed by atoms with Gasteiger partial charge in [0.05, 0.1) is 0 Å². The number of hydrogen-bond acceptors (Lipinski definition) is 1. The van der Waals surface area contributed by atoms with Crippen molar-refractivity contribution in [2.45, 2.75) is 6.54 Å². The summed E-state index contributed by atoms with van der Waals surface area (Å²) < 4.78 is 12.7. The summed E-state index contributed by atoms with van der Waals surface area (Å²) in [5.41, 5.74) is 6.04. The van der Waals surface area contributed by atoms with Crippen LogP contribution in [0.3, 0.4) is 0 Å². The van der Waals surface area contributed by atoms with Gasteiger partial charge in [0, 0.05) is 13.6 Å². The van der Waals surface area contributed by atoms with Gasteiger partial charge in [-0.25, -0.2) is 4.39 Å². The number of benzene rings is 1. The summed E-state index contributed by atoms with van der Waals surface area (Å²) >= 11 is 0. The molecule has 0 heterocycles. The Hall–Kier alpha value is -1.58. The molecule has 1 aromatic rings. The monoisotopic (exact) mass is 181 g/mol. The molecule has 70 valence electrons. The summed E-state index contributed by atoms with van der Waals surface area (Å²) in [5.74, 6) is -0.293. The molecule has 1 rings (SSSR count). The van der Waals surface area contributed by atoms with E-state index in [0.29, 0.717) is 6.54 Å². The molecule has 13 heavy (non-hydrogen) atoms. The van der Waals surface area contributed by atoms with Crippen molar-refractivity contribution in [2.75, 3.05) is 7.05 Å². The third kappa shape index (κ3) is 2.74. The van der Waals surface area contributed by atoms with Crippen molar-refractivity contribution >= 4 is 5.96 Å². The maximum Gasteiger partial charge on any atom is 0.188 e. The van der Waals surface area contributed by atoms with Crippen LogP contribution < -0.4 is 5.73 Å². The highest BCUT2D eigenvalue weighted by molar-refractivity contribution is 5.74. The summed E-state index contributed by atoms with van der Waals surface area (Å²) in [5, 5.41) is 7.11. The van der Waals surface area contributed by atoms with Gasteiger partial charge >= 0.3 is 0 Å². The number of halogens is 1. The van der Waals surface area contributed by atoms with E-state index in [9.17, 15) is 4.39 Å². The van der Waals surface area contributed by atoms with E-state index in [1.165, 1.54) is 17.0 Å². The fourth-order valence-electron chi connectivity index (χ4n) is 0.994. The molecular formula is C9H12FN3. The molecular weight excluding hydrogens is 169 g/mol. The molecule has 0 saturated heterocycles. The average molecular weight is 181 g/mol. The van der Waals surface area contributed by atoms with Crippen LogP contribution in [0.2, 0.25) is 0 Å². The van der Waals surface area contributed by atoms with Gasteiger partial charge in [-0.3, -0.25) is 5.41 Å². The van der Waals surface area contributed by atoms with Gasteiger partial charge in [0.15, 0.2) is 5.96 Å². The van der Waals surface area contributed by atoms with E-state index in [0.717, 1.165) is 5.56 Å². The zero-order valence-electron chi connectivity index (χ0n) is 7.42. The van der Waals surface area contributed by atoms with Crippen molar-refractivity contribution in [3.8, 4) is 0 Å². The van der Waals surface area contributed by atoms with Crippen LogP contribution in [-0.4, -0.2) is 17.9 Å². The molecule has 3 nitrogen and oxygen atoms in total. The van der Waals surface area contributed by atoms with Gasteiger partial charge in [-0.05, 0) is 17.7 Å². The predicted molar refractivity (Wildman–Crippen MR) is 49.8 cm³/mol. The van der Waals surface area contributed by atoms with Crippen molar-refractivity contribution in [3.63, 3.8) is 0 Å². The maximum absolute atomic E-state index is 12.7. The summed E-state index contributed by atoms with van der Waals surface area (Å²) in [7, 11) is 1.69. The predicted octanol–water partition coefficient (Wildman–Crippen LogP) is 1.15. The van der Waals surface area contributed by atoms with Gasteiger partial charge in [-0.2, -0.15) is 0 Å². The Kier molecular flexibility index (Phi) is 2.84. The Balaban J connectivity index is 2.69. The number of rotatable bonds is 2. The third-order valence-electron chi connectivity index (χ3n) is 1.72. The Morgan fingerprint density at radius 1 is 1.62 bits per heavy atom. The van der Waals surface area contributed by atoms with Gasteiger partial charge in [-0.15, -0.1) is 0 Å². The van der Waals surface area contributed by atoms with Crippen molar-refractivity contribution in [1.82, 2.24) is 4.90 Å². The lowest BCUT2D eigenvalue weighted by Gasteiger charge is -2.16. The van der Waals surface area contributed by atoms with E-state index in [2.05, 4.69) is 0 Å². The molecule has 0 atom stereocenters. The standard InChI is InChI=1S/C9H12FN3/c1-13(9(11)12)6-7-3-2-4-8(10)5-7/h2-5H,6H2,1H3,(H3,11,12). The van der Waals surface area contributed by atoms with Crippen molar-refractivity contribution in [1.29, 1.82) is 5.41 Å². The lowest BCUT2D eigenvalue weighted by Crippen LogP contribution is -2.32. The second kappa shape index (κ2) is 3.89. The molecule has 0 fully saturated rings. The normalized spacial score (nSPS) is 9.69. The van der Waals surface area contributed by atoms with Crippen LogP contribution in [0, 0.1) is 11.2 Å². The Morgan fingerprint density at radius 2 is 2.31 bits per heavy atom. The van der Waals surface area contributed by atoms with E-state index >= 15 is 0 Å². The number of nitrogens with zero attached hydrogens (tertiary/aromatic N) is 1. The van der Waals surface area contributed by atoms with E-state index < -0.39 is 0 Å². The Labute approximate surface area is 76.5 Å². The number of hydrogen-bond donors (Lipinski definition) is 2. The maximum atomic E-state index is 12.7. The smallest absolute Gasteiger partial charge is 0.188 e. The first-order chi connectivity index (χ1) is 6.09. The van der Waals surface area contributed by atoms with E-state index in [-0.39, 0.29) is 11.8 Å². The van der Waals surface area contributed by atoms with E-state index in [4.69, 9.17) is 11.1 Å². The molecule has 0 aliphatic heterocycles. The minimum absolute atomic E-state index is 0.0238. The summed E-state index contributed by atoms with van der Waals surface area (Å²) in [6.45, 7) is 0.451. The molecule has 0 aliphatic rings. The number of nitrogens with two attached hydrogens (primary N) is 1.